The lowest BCUT2D eigenvalue weighted by Gasteiger charge is -2.03. The predicted molar refractivity (Wildman–Crippen MR) is 88.6 cm³/mol. The van der Waals surface area contributed by atoms with E-state index in [0.717, 1.165) is 22.0 Å². The van der Waals surface area contributed by atoms with Crippen LogP contribution in [0.15, 0.2) is 0 Å². The predicted octanol–water partition coefficient (Wildman–Crippen LogP) is 3.03. The third kappa shape index (κ3) is 4.88. The molecule has 1 aromatic rings. The van der Waals surface area contributed by atoms with Crippen LogP contribution in [0.3, 0.4) is 0 Å². The van der Waals surface area contributed by atoms with Crippen molar-refractivity contribution in [3.05, 3.63) is 15.6 Å². The molecule has 0 spiro atoms. The van der Waals surface area contributed by atoms with E-state index in [1.807, 2.05) is 6.92 Å². The summed E-state index contributed by atoms with van der Waals surface area (Å²) >= 11 is 1.57. The molecule has 0 atom stereocenters. The number of rotatable bonds is 5. The lowest BCUT2D eigenvalue weighted by molar-refractivity contribution is 0.0957. The maximum atomic E-state index is 12.0. The van der Waals surface area contributed by atoms with E-state index in [2.05, 4.69) is 10.3 Å². The van der Waals surface area contributed by atoms with Crippen LogP contribution in [-0.4, -0.2) is 24.0 Å². The third-order valence-electron chi connectivity index (χ3n) is 3.39. The molecule has 0 saturated heterocycles. The quantitative estimate of drug-likeness (QED) is 0.810. The highest BCUT2D eigenvalue weighted by molar-refractivity contribution is 7.13. The second-order valence-corrected chi connectivity index (χ2v) is 5.88. The summed E-state index contributed by atoms with van der Waals surface area (Å²) in [7, 11) is 0. The molecule has 116 valence electrons. The monoisotopic (exact) mass is 339 g/mol. The molecule has 0 bridgehead atoms. The average molecular weight is 340 g/mol. The van der Waals surface area contributed by atoms with Crippen LogP contribution in [-0.2, 0) is 0 Å². The van der Waals surface area contributed by atoms with E-state index >= 15 is 0 Å². The third-order valence-corrected chi connectivity index (χ3v) is 4.71. The summed E-state index contributed by atoms with van der Waals surface area (Å²) in [5, 5.41) is 4.04. The highest BCUT2D eigenvalue weighted by atomic mass is 35.5. The van der Waals surface area contributed by atoms with E-state index in [1.165, 1.54) is 25.7 Å². The maximum absolute atomic E-state index is 12.0. The van der Waals surface area contributed by atoms with Crippen LogP contribution in [0.5, 0.6) is 0 Å². The second kappa shape index (κ2) is 9.55. The van der Waals surface area contributed by atoms with Crippen LogP contribution in [0.1, 0.15) is 58.4 Å². The molecule has 0 aromatic carbocycles. The topological polar surface area (TPSA) is 68.0 Å². The van der Waals surface area contributed by atoms with Crippen molar-refractivity contribution < 1.29 is 4.79 Å². The van der Waals surface area contributed by atoms with Gasteiger partial charge in [0.1, 0.15) is 4.88 Å². The standard InChI is InChI=1S/C13H21N3OS.2ClH/c1-9-11(12(17)15-8-4-7-14)18-13(16-9)10-5-2-3-6-10;;/h10H,2-8,14H2,1H3,(H,15,17);2*1H. The molecular formula is C13H23Cl2N3OS. The molecule has 7 heteroatoms. The van der Waals surface area contributed by atoms with Gasteiger partial charge in [-0.25, -0.2) is 4.98 Å². The Hall–Kier alpha value is -0.360. The van der Waals surface area contributed by atoms with Gasteiger partial charge in [-0.1, -0.05) is 12.8 Å². The molecule has 1 aliphatic rings. The van der Waals surface area contributed by atoms with Gasteiger partial charge < -0.3 is 11.1 Å². The van der Waals surface area contributed by atoms with E-state index in [4.69, 9.17) is 5.73 Å². The summed E-state index contributed by atoms with van der Waals surface area (Å²) < 4.78 is 0. The van der Waals surface area contributed by atoms with Gasteiger partial charge in [-0.05, 0) is 32.7 Å². The van der Waals surface area contributed by atoms with Crippen LogP contribution in [0.25, 0.3) is 0 Å². The SMILES string of the molecule is Cc1nc(C2CCCC2)sc1C(=O)NCCCN.Cl.Cl. The number of halogens is 2. The van der Waals surface area contributed by atoms with Crippen molar-refractivity contribution in [2.24, 2.45) is 5.73 Å². The average Bonchev–Trinajstić information content (AvgIpc) is 2.97. The van der Waals surface area contributed by atoms with Crippen LogP contribution >= 0.6 is 36.2 Å². The Bertz CT molecular complexity index is 420. The highest BCUT2D eigenvalue weighted by Gasteiger charge is 2.23. The molecule has 1 aliphatic carbocycles. The van der Waals surface area contributed by atoms with Gasteiger partial charge in [0.2, 0.25) is 0 Å². The first-order valence-corrected chi connectivity index (χ1v) is 7.49. The van der Waals surface area contributed by atoms with Crippen LogP contribution in [0, 0.1) is 6.92 Å². The number of carbonyl (C=O) groups excluding carboxylic acids is 1. The zero-order valence-electron chi connectivity index (χ0n) is 11.7. The van der Waals surface area contributed by atoms with E-state index in [-0.39, 0.29) is 30.7 Å². The minimum Gasteiger partial charge on any atom is -0.351 e. The first-order chi connectivity index (χ1) is 8.72. The summed E-state index contributed by atoms with van der Waals surface area (Å²) in [6.45, 7) is 3.17. The number of nitrogens with one attached hydrogen (secondary N) is 1. The molecule has 4 nitrogen and oxygen atoms in total. The number of thiazole rings is 1. The Labute approximate surface area is 136 Å². The molecule has 1 aromatic heterocycles. The van der Waals surface area contributed by atoms with Crippen molar-refractivity contribution in [1.29, 1.82) is 0 Å². The maximum Gasteiger partial charge on any atom is 0.263 e. The van der Waals surface area contributed by atoms with Crippen LogP contribution in [0.2, 0.25) is 0 Å². The molecule has 0 unspecified atom stereocenters. The van der Waals surface area contributed by atoms with Crippen LogP contribution < -0.4 is 11.1 Å². The summed E-state index contributed by atoms with van der Waals surface area (Å²) in [6, 6.07) is 0. The summed E-state index contributed by atoms with van der Waals surface area (Å²) in [5.41, 5.74) is 6.28. The number of nitrogens with two attached hydrogens (primary N) is 1. The summed E-state index contributed by atoms with van der Waals surface area (Å²) in [4.78, 5) is 17.3. The van der Waals surface area contributed by atoms with Gasteiger partial charge in [0.05, 0.1) is 10.7 Å². The Morgan fingerprint density at radius 3 is 2.65 bits per heavy atom. The smallest absolute Gasteiger partial charge is 0.263 e. The lowest BCUT2D eigenvalue weighted by Crippen LogP contribution is -2.25. The fourth-order valence-corrected chi connectivity index (χ4v) is 3.51. The molecule has 1 saturated carbocycles. The molecule has 1 amide bonds. The second-order valence-electron chi connectivity index (χ2n) is 4.85. The molecule has 0 aliphatic heterocycles. The van der Waals surface area contributed by atoms with Gasteiger partial charge in [-0.2, -0.15) is 0 Å². The van der Waals surface area contributed by atoms with Crippen LogP contribution in [0.4, 0.5) is 0 Å². The molecule has 1 heterocycles. The van der Waals surface area contributed by atoms with Gasteiger partial charge in [0.15, 0.2) is 0 Å². The van der Waals surface area contributed by atoms with Gasteiger partial charge in [0, 0.05) is 12.5 Å². The number of nitrogens with zero attached hydrogens (tertiary/aromatic N) is 1. The van der Waals surface area contributed by atoms with E-state index in [1.54, 1.807) is 11.3 Å². The van der Waals surface area contributed by atoms with E-state index in [0.29, 0.717) is 19.0 Å². The normalized spacial score (nSPS) is 14.5. The first kappa shape index (κ1) is 19.6. The van der Waals surface area contributed by atoms with E-state index < -0.39 is 0 Å². The lowest BCUT2D eigenvalue weighted by atomic mass is 10.1. The summed E-state index contributed by atoms with van der Waals surface area (Å²) in [5.74, 6) is 0.585. The summed E-state index contributed by atoms with van der Waals surface area (Å²) in [6.07, 6.45) is 5.85. The number of carbonyl (C=O) groups is 1. The molecule has 2 rings (SSSR count). The largest absolute Gasteiger partial charge is 0.351 e. The minimum atomic E-state index is 0. The van der Waals surface area contributed by atoms with Gasteiger partial charge in [-0.15, -0.1) is 36.2 Å². The van der Waals surface area contributed by atoms with Crippen molar-refractivity contribution in [3.8, 4) is 0 Å². The fourth-order valence-electron chi connectivity index (χ4n) is 2.36. The Morgan fingerprint density at radius 1 is 1.40 bits per heavy atom. The van der Waals surface area contributed by atoms with Crippen molar-refractivity contribution in [2.75, 3.05) is 13.1 Å². The Morgan fingerprint density at radius 2 is 2.05 bits per heavy atom. The van der Waals surface area contributed by atoms with E-state index in [9.17, 15) is 4.79 Å². The number of amides is 1. The number of hydrogen-bond acceptors (Lipinski definition) is 4. The number of hydrogen-bond donors (Lipinski definition) is 2. The first-order valence-electron chi connectivity index (χ1n) is 6.68. The fraction of sp³-hybridized carbons (Fsp3) is 0.692. The zero-order chi connectivity index (χ0) is 13.0. The van der Waals surface area contributed by atoms with Crippen molar-refractivity contribution in [3.63, 3.8) is 0 Å². The van der Waals surface area contributed by atoms with Crippen molar-refractivity contribution >= 4 is 42.1 Å². The molecular weight excluding hydrogens is 317 g/mol. The molecule has 20 heavy (non-hydrogen) atoms. The molecule has 0 radical (unpaired) electrons. The Kier molecular flexibility index (Phi) is 9.38. The van der Waals surface area contributed by atoms with Gasteiger partial charge >= 0.3 is 0 Å². The van der Waals surface area contributed by atoms with Crippen molar-refractivity contribution in [1.82, 2.24) is 10.3 Å². The molecule has 1 fully saturated rings. The highest BCUT2D eigenvalue weighted by Crippen LogP contribution is 2.36. The Balaban J connectivity index is 0.00000180. The molecule has 3 N–H and O–H groups in total. The zero-order valence-corrected chi connectivity index (χ0v) is 14.1. The number of aryl methyl sites for hydroxylation is 1. The number of aromatic nitrogens is 1. The minimum absolute atomic E-state index is 0. The van der Waals surface area contributed by atoms with Gasteiger partial charge in [0.25, 0.3) is 5.91 Å². The van der Waals surface area contributed by atoms with Gasteiger partial charge in [-0.3, -0.25) is 4.79 Å². The van der Waals surface area contributed by atoms with Crippen molar-refractivity contribution in [2.45, 2.75) is 44.9 Å².